The van der Waals surface area contributed by atoms with Crippen molar-refractivity contribution in [2.24, 2.45) is 11.5 Å². The van der Waals surface area contributed by atoms with E-state index in [4.69, 9.17) is 11.5 Å². The van der Waals surface area contributed by atoms with E-state index in [2.05, 4.69) is 72.8 Å². The first-order chi connectivity index (χ1) is 39.6. The van der Waals surface area contributed by atoms with Crippen molar-refractivity contribution in [2.75, 3.05) is 18.1 Å². The van der Waals surface area contributed by atoms with Crippen LogP contribution in [0.1, 0.15) is 68.2 Å². The third-order valence-electron chi connectivity index (χ3n) is 13.8. The first-order valence-corrected chi connectivity index (χ1v) is 28.3. The van der Waals surface area contributed by atoms with Crippen molar-refractivity contribution in [1.29, 1.82) is 0 Å². The average molecular weight is 1180 g/mol. The molecular weight excluding hydrogens is 1110 g/mol. The van der Waals surface area contributed by atoms with E-state index in [0.29, 0.717) is 40.5 Å². The number of unbranched alkanes of at least 4 members (excludes halogenated alkanes) is 1. The van der Waals surface area contributed by atoms with Crippen LogP contribution in [0.15, 0.2) is 115 Å². The molecule has 0 radical (unpaired) electrons. The van der Waals surface area contributed by atoms with Gasteiger partial charge in [0.2, 0.25) is 47.3 Å². The molecule has 83 heavy (non-hydrogen) atoms. The molecule has 16 N–H and O–H groups in total. The Morgan fingerprint density at radius 3 is 1.55 bits per heavy atom. The summed E-state index contributed by atoms with van der Waals surface area (Å²) in [5.41, 5.74) is 15.2. The van der Waals surface area contributed by atoms with Crippen molar-refractivity contribution >= 4 is 89.4 Å². The molecule has 0 saturated heterocycles. The fourth-order valence-corrected chi connectivity index (χ4v) is 9.47. The lowest BCUT2D eigenvalue weighted by Crippen LogP contribution is -2.62. The van der Waals surface area contributed by atoms with Crippen LogP contribution in [-0.4, -0.2) is 152 Å². The lowest BCUT2D eigenvalue weighted by atomic mass is 9.91. The molecule has 8 amide bonds. The SMILES string of the molecule is C[C@H](NC(=O)[C@H](Cc1ccccc1)NC(=O)[C@H](CS)NC(=O)[C@@H](N)Cc1ccc(O)cc1)C(=O)N[C@@H](C(=O)N[C@@H](CCCCN)C(=O)N[C@H](C(=O)N[C@@H](Cc1ccccc1)C(=O)N[C@@H](CS)C(=O)O)[C@@H](C)O)[C@H](C)c1c[nH]c2ccccc12. The van der Waals surface area contributed by atoms with E-state index in [1.807, 2.05) is 18.2 Å². The minimum Gasteiger partial charge on any atom is -0.508 e. The molecule has 0 aliphatic rings. The summed E-state index contributed by atoms with van der Waals surface area (Å²) in [5.74, 6) is -9.35. The molecule has 5 aromatic rings. The van der Waals surface area contributed by atoms with Gasteiger partial charge in [0.15, 0.2) is 0 Å². The fraction of sp³-hybridized carbons (Fsp3) is 0.397. The number of phenolic OH excluding ortho intramolecular Hbond substituents is 1. The average Bonchev–Trinajstić information content (AvgIpc) is 4.04. The highest BCUT2D eigenvalue weighted by molar-refractivity contribution is 7.80. The summed E-state index contributed by atoms with van der Waals surface area (Å²) in [6.45, 7) is 4.50. The van der Waals surface area contributed by atoms with Gasteiger partial charge in [-0.3, -0.25) is 38.4 Å². The van der Waals surface area contributed by atoms with Crippen LogP contribution in [-0.2, 0) is 62.4 Å². The number of aliphatic hydroxyl groups is 1. The maximum atomic E-state index is 14.9. The number of aromatic amines is 1. The van der Waals surface area contributed by atoms with Crippen molar-refractivity contribution < 1.29 is 58.5 Å². The maximum absolute atomic E-state index is 14.9. The number of phenols is 1. The minimum atomic E-state index is -1.72. The molecule has 446 valence electrons. The smallest absolute Gasteiger partial charge is 0.327 e. The first-order valence-electron chi connectivity index (χ1n) is 27.1. The number of carboxylic acids is 1. The number of hydrogen-bond acceptors (Lipinski definition) is 15. The Bertz CT molecular complexity index is 2990. The number of amides is 8. The number of carbonyl (C=O) groups is 9. The van der Waals surface area contributed by atoms with E-state index < -0.39 is 120 Å². The number of rotatable bonds is 32. The number of carboxylic acid groups (broad SMARTS) is 1. The normalized spacial score (nSPS) is 15.2. The Hall–Kier alpha value is -7.97. The lowest BCUT2D eigenvalue weighted by Gasteiger charge is -2.30. The van der Waals surface area contributed by atoms with E-state index in [1.54, 1.807) is 92.0 Å². The van der Waals surface area contributed by atoms with Crippen LogP contribution in [0.3, 0.4) is 0 Å². The fourth-order valence-electron chi connectivity index (χ4n) is 8.97. The van der Waals surface area contributed by atoms with Gasteiger partial charge < -0.3 is 74.3 Å². The molecule has 0 saturated carbocycles. The molecule has 0 aliphatic carbocycles. The third-order valence-corrected chi connectivity index (χ3v) is 14.5. The van der Waals surface area contributed by atoms with E-state index in [9.17, 15) is 58.5 Å². The van der Waals surface area contributed by atoms with Gasteiger partial charge in [-0.1, -0.05) is 97.9 Å². The van der Waals surface area contributed by atoms with E-state index in [1.165, 1.54) is 26.0 Å². The van der Waals surface area contributed by atoms with Gasteiger partial charge in [-0.25, -0.2) is 4.79 Å². The molecule has 5 rings (SSSR count). The molecule has 23 nitrogen and oxygen atoms in total. The Labute approximate surface area is 491 Å². The largest absolute Gasteiger partial charge is 0.508 e. The zero-order valence-corrected chi connectivity index (χ0v) is 48.0. The number of aliphatic hydroxyl groups excluding tert-OH is 1. The highest BCUT2D eigenvalue weighted by Gasteiger charge is 2.37. The predicted molar refractivity (Wildman–Crippen MR) is 318 cm³/mol. The topological polar surface area (TPSA) is 378 Å². The molecule has 11 atom stereocenters. The van der Waals surface area contributed by atoms with Gasteiger partial charge in [0.05, 0.1) is 12.1 Å². The zero-order valence-electron chi connectivity index (χ0n) is 46.2. The Kier molecular flexibility index (Phi) is 25.9. The quantitative estimate of drug-likeness (QED) is 0.0205. The standard InChI is InChI=1S/C58H75N11O12S2/c1-32(40-29-61-42-19-11-10-18-39(40)42)48(56(78)63-43(20-12-13-25-59)52(74)69-49(34(3)70)57(79)65-45(28-36-16-8-5-9-17-36)54(76)67-47(31-83)58(80)81)68-50(72)33(2)62-53(75)44(27-35-14-6-4-7-15-35)64-55(77)46(30-82)66-51(73)41(60)26-37-21-23-38(71)24-22-37/h4-11,14-19,21-24,29,32-34,41,43-49,61,70-71,82-83H,12-13,20,25-28,30-31,59-60H2,1-3H3,(H,62,75)(H,63,78)(H,64,77)(H,65,79)(H,66,73)(H,67,76)(H,68,72)(H,69,74)(H,80,81)/t32-,33+,34-,41+,43+,44+,45+,46+,47+,48-,49+/m1/s1. The Morgan fingerprint density at radius 2 is 0.988 bits per heavy atom. The summed E-state index contributed by atoms with van der Waals surface area (Å²) < 4.78 is 0. The van der Waals surface area contributed by atoms with Gasteiger partial charge in [-0.05, 0) is 86.5 Å². The van der Waals surface area contributed by atoms with Crippen LogP contribution in [0.2, 0.25) is 0 Å². The van der Waals surface area contributed by atoms with Crippen LogP contribution >= 0.6 is 25.3 Å². The van der Waals surface area contributed by atoms with Gasteiger partial charge in [0.25, 0.3) is 0 Å². The number of aromatic nitrogens is 1. The molecule has 0 aliphatic heterocycles. The van der Waals surface area contributed by atoms with Crippen LogP contribution in [0.4, 0.5) is 0 Å². The highest BCUT2D eigenvalue weighted by Crippen LogP contribution is 2.28. The zero-order chi connectivity index (χ0) is 60.8. The Balaban J connectivity index is 1.37. The number of nitrogens with two attached hydrogens (primary N) is 2. The summed E-state index contributed by atoms with van der Waals surface area (Å²) >= 11 is 8.31. The molecule has 0 fully saturated rings. The number of benzene rings is 4. The number of para-hydroxylation sites is 1. The highest BCUT2D eigenvalue weighted by atomic mass is 32.1. The van der Waals surface area contributed by atoms with Gasteiger partial charge in [-0.2, -0.15) is 25.3 Å². The van der Waals surface area contributed by atoms with Crippen molar-refractivity contribution in [3.05, 3.63) is 138 Å². The van der Waals surface area contributed by atoms with Crippen molar-refractivity contribution in [3.63, 3.8) is 0 Å². The third kappa shape index (κ3) is 19.9. The summed E-state index contributed by atoms with van der Waals surface area (Å²) in [4.78, 5) is 127. The molecule has 1 heterocycles. The summed E-state index contributed by atoms with van der Waals surface area (Å²) in [7, 11) is 0. The molecule has 4 aromatic carbocycles. The summed E-state index contributed by atoms with van der Waals surface area (Å²) in [6.07, 6.45) is 0.701. The van der Waals surface area contributed by atoms with E-state index in [0.717, 1.165) is 5.52 Å². The molecule has 25 heteroatoms. The van der Waals surface area contributed by atoms with Crippen LogP contribution in [0.25, 0.3) is 10.9 Å². The summed E-state index contributed by atoms with van der Waals surface area (Å²) in [6, 6.07) is 18.2. The second-order valence-corrected chi connectivity index (χ2v) is 20.9. The molecule has 0 bridgehead atoms. The van der Waals surface area contributed by atoms with E-state index in [-0.39, 0.29) is 49.5 Å². The molecule has 0 spiro atoms. The number of H-pyrrole nitrogens is 1. The van der Waals surface area contributed by atoms with Gasteiger partial charge in [-0.15, -0.1) is 0 Å². The van der Waals surface area contributed by atoms with Gasteiger partial charge in [0, 0.05) is 47.4 Å². The molecular formula is C58H75N11O12S2. The number of hydrogen-bond donors (Lipinski definition) is 16. The van der Waals surface area contributed by atoms with Gasteiger partial charge >= 0.3 is 5.97 Å². The molecule has 1 aromatic heterocycles. The monoisotopic (exact) mass is 1180 g/mol. The number of nitrogens with one attached hydrogen (secondary N) is 9. The van der Waals surface area contributed by atoms with Crippen molar-refractivity contribution in [2.45, 2.75) is 126 Å². The first kappa shape index (κ1) is 65.8. The number of thiol groups is 2. The van der Waals surface area contributed by atoms with Gasteiger partial charge in [0.1, 0.15) is 54.1 Å². The van der Waals surface area contributed by atoms with Crippen LogP contribution < -0.4 is 54.0 Å². The van der Waals surface area contributed by atoms with Crippen LogP contribution in [0, 0.1) is 0 Å². The number of fused-ring (bicyclic) bond motifs is 1. The Morgan fingerprint density at radius 1 is 0.518 bits per heavy atom. The molecule has 0 unspecified atom stereocenters. The maximum Gasteiger partial charge on any atom is 0.327 e. The van der Waals surface area contributed by atoms with Crippen molar-refractivity contribution in [3.8, 4) is 5.75 Å². The number of carbonyl (C=O) groups excluding carboxylic acids is 8. The lowest BCUT2D eigenvalue weighted by molar-refractivity contribution is -0.141. The number of aromatic hydroxyl groups is 1. The number of aliphatic carboxylic acids is 1. The minimum absolute atomic E-state index is 0.0320. The second kappa shape index (κ2) is 32.6. The summed E-state index contributed by atoms with van der Waals surface area (Å²) in [5, 5.41) is 51.8. The van der Waals surface area contributed by atoms with Crippen LogP contribution in [0.5, 0.6) is 5.75 Å². The second-order valence-electron chi connectivity index (χ2n) is 20.2. The predicted octanol–water partition coefficient (Wildman–Crippen LogP) is 0.385. The van der Waals surface area contributed by atoms with Crippen molar-refractivity contribution in [1.82, 2.24) is 47.5 Å². The van der Waals surface area contributed by atoms with E-state index >= 15 is 0 Å².